The van der Waals surface area contributed by atoms with Gasteiger partial charge >= 0.3 is 0 Å². The van der Waals surface area contributed by atoms with Crippen molar-refractivity contribution in [3.8, 4) is 5.75 Å². The summed E-state index contributed by atoms with van der Waals surface area (Å²) in [6, 6.07) is 5.57. The number of halogens is 1. The Kier molecular flexibility index (Phi) is 6.65. The molecule has 1 fully saturated rings. The predicted molar refractivity (Wildman–Crippen MR) is 96.8 cm³/mol. The predicted octanol–water partition coefficient (Wildman–Crippen LogP) is 1.58. The molecule has 1 aromatic rings. The van der Waals surface area contributed by atoms with Gasteiger partial charge in [0, 0.05) is 12.6 Å². The molecule has 1 aliphatic heterocycles. The highest BCUT2D eigenvalue weighted by Crippen LogP contribution is 2.26. The third-order valence-corrected chi connectivity index (χ3v) is 6.42. The fourth-order valence-corrected chi connectivity index (χ4v) is 4.99. The lowest BCUT2D eigenvalue weighted by Crippen LogP contribution is -2.42. The molecule has 6 nitrogen and oxygen atoms in total. The Labute approximate surface area is 151 Å². The summed E-state index contributed by atoms with van der Waals surface area (Å²) < 4.78 is 29.0. The lowest BCUT2D eigenvalue weighted by molar-refractivity contribution is -0.122. The highest BCUT2D eigenvalue weighted by atomic mass is 79.9. The first-order chi connectivity index (χ1) is 11.3. The van der Waals surface area contributed by atoms with Crippen molar-refractivity contribution in [1.29, 1.82) is 0 Å². The number of methoxy groups -OCH3 is 1. The van der Waals surface area contributed by atoms with E-state index in [1.807, 2.05) is 30.0 Å². The second-order valence-electron chi connectivity index (χ2n) is 5.94. The van der Waals surface area contributed by atoms with E-state index in [-0.39, 0.29) is 30.0 Å². The quantitative estimate of drug-likeness (QED) is 0.727. The SMILES string of the molecule is CCN(CC(=O)N[C@@H]1CCS(=O)(=O)C1)Cc1ccc(OC)c(Br)c1. The van der Waals surface area contributed by atoms with Crippen molar-refractivity contribution in [1.82, 2.24) is 10.2 Å². The van der Waals surface area contributed by atoms with Crippen molar-refractivity contribution in [3.63, 3.8) is 0 Å². The Hall–Kier alpha value is -1.12. The largest absolute Gasteiger partial charge is 0.496 e. The summed E-state index contributed by atoms with van der Waals surface area (Å²) in [7, 11) is -1.36. The maximum absolute atomic E-state index is 12.2. The zero-order chi connectivity index (χ0) is 17.7. The summed E-state index contributed by atoms with van der Waals surface area (Å²) in [6.07, 6.45) is 0.506. The summed E-state index contributed by atoms with van der Waals surface area (Å²) >= 11 is 3.46. The molecule has 0 radical (unpaired) electrons. The molecule has 1 saturated heterocycles. The maximum Gasteiger partial charge on any atom is 0.234 e. The van der Waals surface area contributed by atoms with Crippen LogP contribution in [0.3, 0.4) is 0 Å². The number of benzene rings is 1. The molecule has 24 heavy (non-hydrogen) atoms. The first-order valence-corrected chi connectivity index (χ1v) is 10.5. The molecule has 1 aliphatic rings. The summed E-state index contributed by atoms with van der Waals surface area (Å²) in [5, 5.41) is 2.83. The van der Waals surface area contributed by atoms with Crippen LogP contribution in [0.2, 0.25) is 0 Å². The second kappa shape index (κ2) is 8.31. The smallest absolute Gasteiger partial charge is 0.234 e. The van der Waals surface area contributed by atoms with Crippen LogP contribution in [0.1, 0.15) is 18.9 Å². The van der Waals surface area contributed by atoms with Crippen LogP contribution in [0, 0.1) is 0 Å². The van der Waals surface area contributed by atoms with Gasteiger partial charge in [-0.25, -0.2) is 8.42 Å². The standard InChI is InChI=1S/C16H23BrN2O4S/c1-3-19(9-12-4-5-15(23-2)14(17)8-12)10-16(20)18-13-6-7-24(21,22)11-13/h4-5,8,13H,3,6-7,9-11H2,1-2H3,(H,18,20)/t13-/m1/s1. The Morgan fingerprint density at radius 3 is 2.75 bits per heavy atom. The molecule has 1 aromatic carbocycles. The first kappa shape index (κ1) is 19.2. The van der Waals surface area contributed by atoms with Gasteiger partial charge in [-0.1, -0.05) is 13.0 Å². The third-order valence-electron chi connectivity index (χ3n) is 4.03. The summed E-state index contributed by atoms with van der Waals surface area (Å²) in [4.78, 5) is 14.2. The summed E-state index contributed by atoms with van der Waals surface area (Å²) in [5.41, 5.74) is 1.07. The van der Waals surface area contributed by atoms with Gasteiger partial charge in [0.05, 0.1) is 29.6 Å². The highest BCUT2D eigenvalue weighted by Gasteiger charge is 2.29. The number of sulfone groups is 1. The topological polar surface area (TPSA) is 75.7 Å². The average molecular weight is 419 g/mol. The van der Waals surface area contributed by atoms with E-state index in [1.54, 1.807) is 7.11 Å². The number of hydrogen-bond acceptors (Lipinski definition) is 5. The monoisotopic (exact) mass is 418 g/mol. The number of nitrogens with zero attached hydrogens (tertiary/aromatic N) is 1. The first-order valence-electron chi connectivity index (χ1n) is 7.87. The van der Waals surface area contributed by atoms with Gasteiger partial charge in [-0.2, -0.15) is 0 Å². The molecular weight excluding hydrogens is 396 g/mol. The zero-order valence-electron chi connectivity index (χ0n) is 13.9. The van der Waals surface area contributed by atoms with Crippen molar-refractivity contribution >= 4 is 31.7 Å². The normalized spacial score (nSPS) is 19.4. The molecule has 8 heteroatoms. The van der Waals surface area contributed by atoms with Gasteiger partial charge in [-0.15, -0.1) is 0 Å². The van der Waals surface area contributed by atoms with Crippen LogP contribution in [-0.2, 0) is 21.2 Å². The van der Waals surface area contributed by atoms with E-state index in [0.717, 1.165) is 22.3 Å². The van der Waals surface area contributed by atoms with E-state index in [2.05, 4.69) is 21.2 Å². The number of rotatable bonds is 7. The number of amides is 1. The van der Waals surface area contributed by atoms with Gasteiger partial charge in [0.1, 0.15) is 5.75 Å². The third kappa shape index (κ3) is 5.46. The lowest BCUT2D eigenvalue weighted by Gasteiger charge is -2.21. The van der Waals surface area contributed by atoms with E-state index >= 15 is 0 Å². The molecule has 1 atom stereocenters. The van der Waals surface area contributed by atoms with Crippen molar-refractivity contribution in [2.24, 2.45) is 0 Å². The van der Waals surface area contributed by atoms with Crippen molar-refractivity contribution in [3.05, 3.63) is 28.2 Å². The van der Waals surface area contributed by atoms with Crippen LogP contribution >= 0.6 is 15.9 Å². The Bertz CT molecular complexity index is 693. The van der Waals surface area contributed by atoms with Crippen molar-refractivity contribution in [2.75, 3.05) is 31.7 Å². The minimum Gasteiger partial charge on any atom is -0.496 e. The number of likely N-dealkylation sites (N-methyl/N-ethyl adjacent to an activating group) is 1. The van der Waals surface area contributed by atoms with Crippen LogP contribution in [0.4, 0.5) is 0 Å². The molecule has 0 aromatic heterocycles. The number of carbonyl (C=O) groups excluding carboxylic acids is 1. The van der Waals surface area contributed by atoms with Crippen LogP contribution in [-0.4, -0.2) is 57.0 Å². The Morgan fingerprint density at radius 1 is 1.46 bits per heavy atom. The maximum atomic E-state index is 12.2. The molecular formula is C16H23BrN2O4S. The molecule has 0 aliphatic carbocycles. The van der Waals surface area contributed by atoms with Crippen LogP contribution < -0.4 is 10.1 Å². The molecule has 1 amide bonds. The number of ether oxygens (including phenoxy) is 1. The Balaban J connectivity index is 1.89. The van der Waals surface area contributed by atoms with Gasteiger partial charge in [-0.05, 0) is 46.6 Å². The highest BCUT2D eigenvalue weighted by molar-refractivity contribution is 9.10. The van der Waals surface area contributed by atoms with E-state index < -0.39 is 9.84 Å². The van der Waals surface area contributed by atoms with E-state index in [1.165, 1.54) is 0 Å². The average Bonchev–Trinajstić information content (AvgIpc) is 2.85. The van der Waals surface area contributed by atoms with Gasteiger partial charge in [0.15, 0.2) is 9.84 Å². The molecule has 0 unspecified atom stereocenters. The fraction of sp³-hybridized carbons (Fsp3) is 0.562. The summed E-state index contributed by atoms with van der Waals surface area (Å²) in [5.74, 6) is 0.847. The molecule has 2 rings (SSSR count). The molecule has 0 spiro atoms. The zero-order valence-corrected chi connectivity index (χ0v) is 16.3. The van der Waals surface area contributed by atoms with E-state index in [4.69, 9.17) is 4.74 Å². The van der Waals surface area contributed by atoms with Crippen molar-refractivity contribution in [2.45, 2.75) is 25.9 Å². The van der Waals surface area contributed by atoms with Crippen LogP contribution in [0.5, 0.6) is 5.75 Å². The lowest BCUT2D eigenvalue weighted by atomic mass is 10.2. The molecule has 0 bridgehead atoms. The number of carbonyl (C=O) groups is 1. The van der Waals surface area contributed by atoms with Gasteiger partial charge in [-0.3, -0.25) is 9.69 Å². The molecule has 1 heterocycles. The molecule has 0 saturated carbocycles. The minimum atomic E-state index is -2.98. The van der Waals surface area contributed by atoms with Crippen molar-refractivity contribution < 1.29 is 17.9 Å². The molecule has 1 N–H and O–H groups in total. The Morgan fingerprint density at radius 2 is 2.21 bits per heavy atom. The van der Waals surface area contributed by atoms with Gasteiger partial charge in [0.25, 0.3) is 0 Å². The van der Waals surface area contributed by atoms with Crippen LogP contribution in [0.25, 0.3) is 0 Å². The van der Waals surface area contributed by atoms with Crippen LogP contribution in [0.15, 0.2) is 22.7 Å². The fourth-order valence-electron chi connectivity index (χ4n) is 2.73. The number of hydrogen-bond donors (Lipinski definition) is 1. The second-order valence-corrected chi connectivity index (χ2v) is 9.02. The summed E-state index contributed by atoms with van der Waals surface area (Å²) in [6.45, 7) is 3.60. The minimum absolute atomic E-state index is 0.0519. The number of nitrogens with one attached hydrogen (secondary N) is 1. The molecule has 134 valence electrons. The van der Waals surface area contributed by atoms with Gasteiger partial charge < -0.3 is 10.1 Å². The van der Waals surface area contributed by atoms with Gasteiger partial charge in [0.2, 0.25) is 5.91 Å². The van der Waals surface area contributed by atoms with E-state index in [0.29, 0.717) is 13.0 Å². The van der Waals surface area contributed by atoms with E-state index in [9.17, 15) is 13.2 Å².